The summed E-state index contributed by atoms with van der Waals surface area (Å²) in [6, 6.07) is 3.27. The quantitative estimate of drug-likeness (QED) is 0.808. The second-order valence-electron chi connectivity index (χ2n) is 7.86. The molecule has 2 heterocycles. The van der Waals surface area contributed by atoms with E-state index in [1.54, 1.807) is 31.0 Å². The van der Waals surface area contributed by atoms with E-state index in [4.69, 9.17) is 0 Å². The molecule has 0 bridgehead atoms. The van der Waals surface area contributed by atoms with Gasteiger partial charge in [-0.05, 0) is 37.0 Å². The van der Waals surface area contributed by atoms with Crippen molar-refractivity contribution in [3.05, 3.63) is 35.1 Å². The number of piperazine rings is 2. The number of fused-ring (bicyclic) bond motifs is 1. The average molecular weight is 375 g/mol. The molecule has 0 aliphatic carbocycles. The lowest BCUT2D eigenvalue weighted by Gasteiger charge is -2.48. The molecule has 0 unspecified atom stereocenters. The van der Waals surface area contributed by atoms with Crippen LogP contribution in [-0.4, -0.2) is 71.2 Å². The van der Waals surface area contributed by atoms with Gasteiger partial charge in [0.1, 0.15) is 17.9 Å². The maximum absolute atomic E-state index is 13.8. The predicted molar refractivity (Wildman–Crippen MR) is 98.6 cm³/mol. The van der Waals surface area contributed by atoms with Gasteiger partial charge in [-0.1, -0.05) is 19.9 Å². The third kappa shape index (κ3) is 3.55. The van der Waals surface area contributed by atoms with Gasteiger partial charge in [0.15, 0.2) is 0 Å². The summed E-state index contributed by atoms with van der Waals surface area (Å²) in [5.74, 6) is -0.650. The van der Waals surface area contributed by atoms with Crippen molar-refractivity contribution in [2.45, 2.75) is 39.3 Å². The zero-order chi connectivity index (χ0) is 19.9. The summed E-state index contributed by atoms with van der Waals surface area (Å²) in [4.78, 5) is 43.1. The highest BCUT2D eigenvalue weighted by Crippen LogP contribution is 2.25. The van der Waals surface area contributed by atoms with Gasteiger partial charge in [0.2, 0.25) is 11.8 Å². The van der Waals surface area contributed by atoms with Gasteiger partial charge in [-0.3, -0.25) is 14.4 Å². The van der Waals surface area contributed by atoms with Crippen LogP contribution in [0, 0.1) is 18.7 Å². The summed E-state index contributed by atoms with van der Waals surface area (Å²) >= 11 is 0. The molecule has 0 spiro atoms. The number of aryl methyl sites for hydroxylation is 1. The Labute approximate surface area is 158 Å². The van der Waals surface area contributed by atoms with E-state index in [0.717, 1.165) is 0 Å². The van der Waals surface area contributed by atoms with Crippen LogP contribution < -0.4 is 0 Å². The van der Waals surface area contributed by atoms with Crippen LogP contribution in [0.15, 0.2) is 18.2 Å². The van der Waals surface area contributed by atoms with Gasteiger partial charge < -0.3 is 14.7 Å². The fourth-order valence-corrected chi connectivity index (χ4v) is 3.80. The topological polar surface area (TPSA) is 60.9 Å². The molecule has 0 radical (unpaired) electrons. The third-order valence-electron chi connectivity index (χ3n) is 5.45. The van der Waals surface area contributed by atoms with Crippen LogP contribution in [-0.2, 0) is 9.59 Å². The van der Waals surface area contributed by atoms with E-state index in [1.165, 1.54) is 15.9 Å². The Morgan fingerprint density at radius 1 is 1.22 bits per heavy atom. The first-order valence-electron chi connectivity index (χ1n) is 9.33. The fourth-order valence-electron chi connectivity index (χ4n) is 3.80. The number of hydrogen-bond donors (Lipinski definition) is 0. The molecule has 0 N–H and O–H groups in total. The molecule has 0 saturated carbocycles. The summed E-state index contributed by atoms with van der Waals surface area (Å²) in [6.07, 6.45) is 0.621. The predicted octanol–water partition coefficient (Wildman–Crippen LogP) is 1.67. The number of carbonyl (C=O) groups is 3. The first-order chi connectivity index (χ1) is 12.7. The number of benzene rings is 1. The maximum atomic E-state index is 13.8. The average Bonchev–Trinajstić information content (AvgIpc) is 2.64. The van der Waals surface area contributed by atoms with Crippen molar-refractivity contribution >= 4 is 17.7 Å². The Morgan fingerprint density at radius 2 is 1.93 bits per heavy atom. The standard InChI is InChI=1S/C20H26FN3O3/c1-12(2)9-16-20(27)24-8-7-23(11-17(24)19(26)22(16)4)18(25)14-6-5-13(3)15(21)10-14/h5-6,10,12,16-17H,7-9,11H2,1-4H3/t16-,17+/m0/s1. The lowest BCUT2D eigenvalue weighted by atomic mass is 9.95. The molecule has 2 aliphatic rings. The smallest absolute Gasteiger partial charge is 0.254 e. The van der Waals surface area contributed by atoms with Crippen molar-refractivity contribution in [3.63, 3.8) is 0 Å². The number of rotatable bonds is 3. The molecule has 1 aromatic carbocycles. The van der Waals surface area contributed by atoms with Crippen molar-refractivity contribution in [1.29, 1.82) is 0 Å². The van der Waals surface area contributed by atoms with Crippen LogP contribution >= 0.6 is 0 Å². The summed E-state index contributed by atoms with van der Waals surface area (Å²) in [7, 11) is 1.65. The first-order valence-corrected chi connectivity index (χ1v) is 9.33. The molecule has 2 aliphatic heterocycles. The van der Waals surface area contributed by atoms with Crippen LogP contribution in [0.5, 0.6) is 0 Å². The first kappa shape index (κ1) is 19.3. The van der Waals surface area contributed by atoms with E-state index in [-0.39, 0.29) is 29.8 Å². The van der Waals surface area contributed by atoms with Gasteiger partial charge >= 0.3 is 0 Å². The molecular weight excluding hydrogens is 349 g/mol. The van der Waals surface area contributed by atoms with Gasteiger partial charge in [-0.15, -0.1) is 0 Å². The van der Waals surface area contributed by atoms with E-state index in [2.05, 4.69) is 0 Å². The maximum Gasteiger partial charge on any atom is 0.254 e. The van der Waals surface area contributed by atoms with E-state index >= 15 is 0 Å². The minimum absolute atomic E-state index is 0.0516. The summed E-state index contributed by atoms with van der Waals surface area (Å²) in [5, 5.41) is 0. The number of hydrogen-bond acceptors (Lipinski definition) is 3. The zero-order valence-corrected chi connectivity index (χ0v) is 16.2. The van der Waals surface area contributed by atoms with Gasteiger partial charge in [0, 0.05) is 25.7 Å². The largest absolute Gasteiger partial charge is 0.334 e. The van der Waals surface area contributed by atoms with Crippen LogP contribution in [0.1, 0.15) is 36.2 Å². The van der Waals surface area contributed by atoms with Crippen molar-refractivity contribution < 1.29 is 18.8 Å². The molecule has 6 nitrogen and oxygen atoms in total. The Morgan fingerprint density at radius 3 is 2.56 bits per heavy atom. The second kappa shape index (κ2) is 7.29. The summed E-state index contributed by atoms with van der Waals surface area (Å²) in [6.45, 7) is 6.47. The van der Waals surface area contributed by atoms with Crippen LogP contribution in [0.25, 0.3) is 0 Å². The molecule has 146 valence electrons. The normalized spacial score (nSPS) is 23.1. The SMILES string of the molecule is Cc1ccc(C(=O)N2CCN3C(=O)[C@H](CC(C)C)N(C)C(=O)[C@H]3C2)cc1F. The lowest BCUT2D eigenvalue weighted by Crippen LogP contribution is -2.69. The highest BCUT2D eigenvalue weighted by atomic mass is 19.1. The summed E-state index contributed by atoms with van der Waals surface area (Å²) < 4.78 is 13.8. The second-order valence-corrected chi connectivity index (χ2v) is 7.86. The monoisotopic (exact) mass is 375 g/mol. The number of carbonyl (C=O) groups excluding carboxylic acids is 3. The molecule has 3 amide bonds. The Hall–Kier alpha value is -2.44. The van der Waals surface area contributed by atoms with Crippen LogP contribution in [0.4, 0.5) is 4.39 Å². The Bertz CT molecular complexity index is 780. The molecule has 1 aromatic rings. The highest BCUT2D eigenvalue weighted by molar-refractivity contribution is 5.99. The van der Waals surface area contributed by atoms with Gasteiger partial charge in [-0.2, -0.15) is 0 Å². The fraction of sp³-hybridized carbons (Fsp3) is 0.550. The lowest BCUT2D eigenvalue weighted by molar-refractivity contribution is -0.163. The van der Waals surface area contributed by atoms with Gasteiger partial charge in [0.25, 0.3) is 5.91 Å². The van der Waals surface area contributed by atoms with Gasteiger partial charge in [-0.25, -0.2) is 4.39 Å². The molecule has 0 aromatic heterocycles. The molecule has 27 heavy (non-hydrogen) atoms. The number of amides is 3. The Balaban J connectivity index is 1.78. The molecule has 2 fully saturated rings. The molecule has 7 heteroatoms. The minimum atomic E-state index is -0.668. The number of likely N-dealkylation sites (N-methyl/N-ethyl adjacent to an activating group) is 1. The van der Waals surface area contributed by atoms with Gasteiger partial charge in [0.05, 0.1) is 6.54 Å². The van der Waals surface area contributed by atoms with E-state index in [1.807, 2.05) is 13.8 Å². The van der Waals surface area contributed by atoms with Crippen molar-refractivity contribution in [3.8, 4) is 0 Å². The molecule has 2 atom stereocenters. The minimum Gasteiger partial charge on any atom is -0.334 e. The Kier molecular flexibility index (Phi) is 5.22. The number of halogens is 1. The molecule has 2 saturated heterocycles. The van der Waals surface area contributed by atoms with Crippen LogP contribution in [0.3, 0.4) is 0 Å². The van der Waals surface area contributed by atoms with Crippen LogP contribution in [0.2, 0.25) is 0 Å². The van der Waals surface area contributed by atoms with Crippen molar-refractivity contribution in [2.75, 3.05) is 26.7 Å². The summed E-state index contributed by atoms with van der Waals surface area (Å²) in [5.41, 5.74) is 0.731. The molecular formula is C20H26FN3O3. The van der Waals surface area contributed by atoms with E-state index in [9.17, 15) is 18.8 Å². The third-order valence-corrected chi connectivity index (χ3v) is 5.45. The number of nitrogens with zero attached hydrogens (tertiary/aromatic N) is 3. The zero-order valence-electron chi connectivity index (χ0n) is 16.2. The van der Waals surface area contributed by atoms with E-state index in [0.29, 0.717) is 31.0 Å². The highest BCUT2D eigenvalue weighted by Gasteiger charge is 2.47. The van der Waals surface area contributed by atoms with Crippen molar-refractivity contribution in [2.24, 2.45) is 5.92 Å². The van der Waals surface area contributed by atoms with E-state index < -0.39 is 17.9 Å². The molecule has 3 rings (SSSR count). The van der Waals surface area contributed by atoms with Crippen molar-refractivity contribution in [1.82, 2.24) is 14.7 Å².